The molecule has 1 aliphatic carbocycles. The van der Waals surface area contributed by atoms with E-state index in [4.69, 9.17) is 9.98 Å². The molecular formula is C23H39IN6. The lowest BCUT2D eigenvalue weighted by molar-refractivity contribution is 0.203. The summed E-state index contributed by atoms with van der Waals surface area (Å²) >= 11 is 0. The van der Waals surface area contributed by atoms with Crippen molar-refractivity contribution in [1.29, 1.82) is 0 Å². The van der Waals surface area contributed by atoms with Gasteiger partial charge in [0.25, 0.3) is 0 Å². The number of hydrogen-bond acceptors (Lipinski definition) is 4. The van der Waals surface area contributed by atoms with Crippen molar-refractivity contribution in [3.63, 3.8) is 0 Å². The predicted octanol–water partition coefficient (Wildman–Crippen LogP) is 3.57. The molecule has 1 spiro atoms. The molecule has 3 heterocycles. The third kappa shape index (κ3) is 5.58. The number of halogens is 1. The van der Waals surface area contributed by atoms with Crippen LogP contribution in [-0.2, 0) is 6.54 Å². The van der Waals surface area contributed by atoms with E-state index in [0.717, 1.165) is 51.0 Å². The van der Waals surface area contributed by atoms with E-state index in [1.165, 1.54) is 50.6 Å². The van der Waals surface area contributed by atoms with E-state index in [1.807, 2.05) is 12.3 Å². The lowest BCUT2D eigenvalue weighted by atomic mass is 9.73. The fourth-order valence-corrected chi connectivity index (χ4v) is 5.27. The van der Waals surface area contributed by atoms with Crippen LogP contribution in [0.25, 0.3) is 0 Å². The highest BCUT2D eigenvalue weighted by Gasteiger charge is 2.39. The maximum atomic E-state index is 5.07. The third-order valence-corrected chi connectivity index (χ3v) is 7.06. The van der Waals surface area contributed by atoms with Gasteiger partial charge < -0.3 is 20.0 Å². The summed E-state index contributed by atoms with van der Waals surface area (Å²) in [7, 11) is 2.19. The molecular weight excluding hydrogens is 487 g/mol. The van der Waals surface area contributed by atoms with E-state index in [-0.39, 0.29) is 24.0 Å². The fourth-order valence-electron chi connectivity index (χ4n) is 5.27. The molecule has 4 rings (SSSR count). The standard InChI is InChI=1S/C23H38N6.HI/c1-3-24-22(29-13-11-23(19-29)9-5-4-6-10-23)26-18-20-8-7-12-25-21(20)28-16-14-27(2)15-17-28;/h7-8,12H,3-6,9-11,13-19H2,1-2H3,(H,24,26);1H. The fraction of sp³-hybridized carbons (Fsp3) is 0.739. The van der Waals surface area contributed by atoms with Crippen LogP contribution in [0.5, 0.6) is 0 Å². The monoisotopic (exact) mass is 526 g/mol. The molecule has 2 aliphatic heterocycles. The maximum absolute atomic E-state index is 5.07. The molecule has 1 aromatic rings. The first-order valence-electron chi connectivity index (χ1n) is 11.6. The van der Waals surface area contributed by atoms with Gasteiger partial charge in [-0.2, -0.15) is 0 Å². The molecule has 0 amide bonds. The Balaban J connectivity index is 0.00000256. The Bertz CT molecular complexity index is 695. The van der Waals surface area contributed by atoms with Crippen LogP contribution in [0.15, 0.2) is 23.3 Å². The van der Waals surface area contributed by atoms with Gasteiger partial charge in [-0.3, -0.25) is 0 Å². The molecule has 2 saturated heterocycles. The number of pyridine rings is 1. The van der Waals surface area contributed by atoms with Gasteiger partial charge in [0.1, 0.15) is 5.82 Å². The van der Waals surface area contributed by atoms with Gasteiger partial charge in [0.15, 0.2) is 5.96 Å². The number of hydrogen-bond donors (Lipinski definition) is 1. The van der Waals surface area contributed by atoms with E-state index in [1.54, 1.807) is 0 Å². The molecule has 7 heteroatoms. The number of nitrogens with zero attached hydrogens (tertiary/aromatic N) is 5. The molecule has 3 aliphatic rings. The van der Waals surface area contributed by atoms with Crippen LogP contribution < -0.4 is 10.2 Å². The SMILES string of the molecule is CCNC(=NCc1cccnc1N1CCN(C)CC1)N1CCC2(CCCCC2)C1.I. The van der Waals surface area contributed by atoms with Crippen LogP contribution >= 0.6 is 24.0 Å². The Morgan fingerprint density at radius 2 is 1.87 bits per heavy atom. The first-order chi connectivity index (χ1) is 14.2. The van der Waals surface area contributed by atoms with Crippen molar-refractivity contribution in [1.82, 2.24) is 20.1 Å². The van der Waals surface area contributed by atoms with Gasteiger partial charge >= 0.3 is 0 Å². The molecule has 0 aromatic carbocycles. The molecule has 0 radical (unpaired) electrons. The second kappa shape index (κ2) is 11.0. The minimum Gasteiger partial charge on any atom is -0.357 e. The van der Waals surface area contributed by atoms with Gasteiger partial charge in [-0.05, 0) is 44.7 Å². The quantitative estimate of drug-likeness (QED) is 0.370. The highest BCUT2D eigenvalue weighted by atomic mass is 127. The second-order valence-corrected chi connectivity index (χ2v) is 9.18. The minimum absolute atomic E-state index is 0. The van der Waals surface area contributed by atoms with E-state index in [2.05, 4.69) is 40.1 Å². The Morgan fingerprint density at radius 3 is 2.60 bits per heavy atom. The second-order valence-electron chi connectivity index (χ2n) is 9.18. The van der Waals surface area contributed by atoms with Gasteiger partial charge in [0.2, 0.25) is 0 Å². The third-order valence-electron chi connectivity index (χ3n) is 7.06. The summed E-state index contributed by atoms with van der Waals surface area (Å²) in [4.78, 5) is 17.1. The zero-order valence-corrected chi connectivity index (χ0v) is 21.1. The number of anilines is 1. The molecule has 3 fully saturated rings. The normalized spacial score (nSPS) is 22.3. The summed E-state index contributed by atoms with van der Waals surface area (Å²) < 4.78 is 0. The van der Waals surface area contributed by atoms with Crippen molar-refractivity contribution in [2.45, 2.75) is 52.0 Å². The van der Waals surface area contributed by atoms with Crippen LogP contribution in [0, 0.1) is 5.41 Å². The zero-order valence-electron chi connectivity index (χ0n) is 18.8. The summed E-state index contributed by atoms with van der Waals surface area (Å²) in [6.45, 7) is 10.4. The number of aromatic nitrogens is 1. The average Bonchev–Trinajstić information content (AvgIpc) is 3.15. The summed E-state index contributed by atoms with van der Waals surface area (Å²) in [6, 6.07) is 4.24. The van der Waals surface area contributed by atoms with E-state index >= 15 is 0 Å². The van der Waals surface area contributed by atoms with Crippen LogP contribution in [0.1, 0.15) is 51.0 Å². The molecule has 30 heavy (non-hydrogen) atoms. The average molecular weight is 527 g/mol. The number of guanidine groups is 1. The van der Waals surface area contributed by atoms with Gasteiger partial charge in [-0.25, -0.2) is 9.98 Å². The molecule has 0 bridgehead atoms. The van der Waals surface area contributed by atoms with Gasteiger partial charge in [-0.1, -0.05) is 25.3 Å². The van der Waals surface area contributed by atoms with Crippen LogP contribution in [0.4, 0.5) is 5.82 Å². The Kier molecular flexibility index (Phi) is 8.62. The zero-order chi connectivity index (χ0) is 20.1. The van der Waals surface area contributed by atoms with Crippen LogP contribution in [0.3, 0.4) is 0 Å². The van der Waals surface area contributed by atoms with Crippen molar-refractivity contribution in [2.75, 3.05) is 57.8 Å². The number of piperazine rings is 1. The van der Waals surface area contributed by atoms with Crippen molar-refractivity contribution in [2.24, 2.45) is 10.4 Å². The lowest BCUT2D eigenvalue weighted by Gasteiger charge is -2.34. The Hall–Kier alpha value is -1.09. The topological polar surface area (TPSA) is 47.0 Å². The van der Waals surface area contributed by atoms with Crippen molar-refractivity contribution in [3.8, 4) is 0 Å². The molecule has 1 N–H and O–H groups in total. The van der Waals surface area contributed by atoms with Crippen molar-refractivity contribution >= 4 is 35.8 Å². The Morgan fingerprint density at radius 1 is 1.10 bits per heavy atom. The molecule has 6 nitrogen and oxygen atoms in total. The van der Waals surface area contributed by atoms with E-state index < -0.39 is 0 Å². The maximum Gasteiger partial charge on any atom is 0.194 e. The summed E-state index contributed by atoms with van der Waals surface area (Å²) in [6.07, 6.45) is 10.3. The molecule has 0 atom stereocenters. The Labute approximate surface area is 199 Å². The highest BCUT2D eigenvalue weighted by molar-refractivity contribution is 14.0. The van der Waals surface area contributed by atoms with Gasteiger partial charge in [0, 0.05) is 57.6 Å². The van der Waals surface area contributed by atoms with E-state index in [9.17, 15) is 0 Å². The molecule has 0 unspecified atom stereocenters. The minimum atomic E-state index is 0. The van der Waals surface area contributed by atoms with Crippen molar-refractivity contribution < 1.29 is 0 Å². The smallest absolute Gasteiger partial charge is 0.194 e. The largest absolute Gasteiger partial charge is 0.357 e. The first-order valence-corrected chi connectivity index (χ1v) is 11.6. The number of nitrogens with one attached hydrogen (secondary N) is 1. The number of likely N-dealkylation sites (tertiary alicyclic amines) is 1. The van der Waals surface area contributed by atoms with Gasteiger partial charge in [-0.15, -0.1) is 24.0 Å². The highest BCUT2D eigenvalue weighted by Crippen LogP contribution is 2.43. The number of likely N-dealkylation sites (N-methyl/N-ethyl adjacent to an activating group) is 1. The summed E-state index contributed by atoms with van der Waals surface area (Å²) in [5, 5.41) is 3.56. The van der Waals surface area contributed by atoms with Gasteiger partial charge in [0.05, 0.1) is 6.54 Å². The molecule has 1 saturated carbocycles. The van der Waals surface area contributed by atoms with E-state index in [0.29, 0.717) is 12.0 Å². The van der Waals surface area contributed by atoms with Crippen LogP contribution in [0.2, 0.25) is 0 Å². The van der Waals surface area contributed by atoms with Crippen LogP contribution in [-0.4, -0.2) is 73.6 Å². The molecule has 1 aromatic heterocycles. The summed E-state index contributed by atoms with van der Waals surface area (Å²) in [5.74, 6) is 2.20. The number of aliphatic imine (C=N–C) groups is 1. The number of rotatable bonds is 4. The first kappa shape index (κ1) is 23.6. The lowest BCUT2D eigenvalue weighted by Crippen LogP contribution is -2.45. The summed E-state index contributed by atoms with van der Waals surface area (Å²) in [5.41, 5.74) is 1.78. The van der Waals surface area contributed by atoms with Crippen molar-refractivity contribution in [3.05, 3.63) is 23.9 Å². The molecule has 168 valence electrons. The predicted molar refractivity (Wildman–Crippen MR) is 136 cm³/mol.